The van der Waals surface area contributed by atoms with Crippen LogP contribution in [0, 0.1) is 0 Å². The Balaban J connectivity index is 1.70. The topological polar surface area (TPSA) is 63.9 Å². The highest BCUT2D eigenvalue weighted by Gasteiger charge is 2.37. The zero-order valence-electron chi connectivity index (χ0n) is 12.1. The van der Waals surface area contributed by atoms with Crippen molar-refractivity contribution in [2.75, 3.05) is 13.2 Å². The number of rotatable bonds is 1. The van der Waals surface area contributed by atoms with Crippen molar-refractivity contribution in [3.63, 3.8) is 0 Å². The van der Waals surface area contributed by atoms with Gasteiger partial charge in [0.2, 0.25) is 0 Å². The third kappa shape index (κ3) is 2.16. The first-order valence-corrected chi connectivity index (χ1v) is 8.51. The van der Waals surface area contributed by atoms with Crippen molar-refractivity contribution in [3.8, 4) is 0 Å². The molecule has 116 valence electrons. The first-order valence-electron chi connectivity index (χ1n) is 7.63. The van der Waals surface area contributed by atoms with Crippen LogP contribution in [-0.2, 0) is 4.74 Å². The molecule has 22 heavy (non-hydrogen) atoms. The maximum absolute atomic E-state index is 12.9. The first-order chi connectivity index (χ1) is 10.8. The van der Waals surface area contributed by atoms with Gasteiger partial charge >= 0.3 is 0 Å². The fourth-order valence-corrected chi connectivity index (χ4v) is 4.15. The van der Waals surface area contributed by atoms with Crippen LogP contribution in [0.4, 0.5) is 0 Å². The summed E-state index contributed by atoms with van der Waals surface area (Å²) >= 11 is 1.38. The summed E-state index contributed by atoms with van der Waals surface area (Å²) in [5.41, 5.74) is -0.128. The number of aromatic nitrogens is 2. The zero-order chi connectivity index (χ0) is 15.1. The van der Waals surface area contributed by atoms with E-state index in [-0.39, 0.29) is 29.2 Å². The standard InChI is InChI=1S/C15H17N3O3S/c19-13(10-9-16-15-18(14(10)20)6-8-22-15)17-5-7-21-12-4-2-1-3-11(12)17/h6,8-9,11-12H,1-5,7H2/t11-,12-/m1/s1. The lowest BCUT2D eigenvalue weighted by Crippen LogP contribution is -2.55. The SMILES string of the molecule is O=C(c1cnc2sccn2c1=O)N1CCO[C@@H]2CCCC[C@H]21. The summed E-state index contributed by atoms with van der Waals surface area (Å²) in [6, 6.07) is 0.0950. The lowest BCUT2D eigenvalue weighted by atomic mass is 9.90. The Kier molecular flexibility index (Phi) is 3.46. The van der Waals surface area contributed by atoms with Gasteiger partial charge in [-0.3, -0.25) is 14.0 Å². The molecule has 3 heterocycles. The Morgan fingerprint density at radius 3 is 3.14 bits per heavy atom. The molecule has 0 aromatic carbocycles. The molecule has 7 heteroatoms. The van der Waals surface area contributed by atoms with Gasteiger partial charge in [-0.1, -0.05) is 12.8 Å². The van der Waals surface area contributed by atoms with Crippen LogP contribution in [0.5, 0.6) is 0 Å². The Bertz CT molecular complexity index is 767. The Morgan fingerprint density at radius 1 is 1.36 bits per heavy atom. The van der Waals surface area contributed by atoms with Gasteiger partial charge in [0.25, 0.3) is 11.5 Å². The van der Waals surface area contributed by atoms with Gasteiger partial charge in [0.15, 0.2) is 4.96 Å². The van der Waals surface area contributed by atoms with E-state index in [9.17, 15) is 9.59 Å². The first kappa shape index (κ1) is 13.9. The number of ether oxygens (including phenoxy) is 1. The van der Waals surface area contributed by atoms with E-state index in [1.165, 1.54) is 21.9 Å². The molecule has 0 N–H and O–H groups in total. The van der Waals surface area contributed by atoms with E-state index in [4.69, 9.17) is 4.74 Å². The molecule has 1 aliphatic heterocycles. The van der Waals surface area contributed by atoms with Crippen LogP contribution < -0.4 is 5.56 Å². The minimum absolute atomic E-state index is 0.0950. The van der Waals surface area contributed by atoms with Crippen molar-refractivity contribution < 1.29 is 9.53 Å². The number of fused-ring (bicyclic) bond motifs is 2. The van der Waals surface area contributed by atoms with Gasteiger partial charge < -0.3 is 9.64 Å². The van der Waals surface area contributed by atoms with Gasteiger partial charge in [-0.15, -0.1) is 11.3 Å². The van der Waals surface area contributed by atoms with E-state index in [2.05, 4.69) is 4.98 Å². The van der Waals surface area contributed by atoms with E-state index >= 15 is 0 Å². The van der Waals surface area contributed by atoms with Crippen LogP contribution >= 0.6 is 11.3 Å². The number of hydrogen-bond acceptors (Lipinski definition) is 5. The predicted molar refractivity (Wildman–Crippen MR) is 82.4 cm³/mol. The van der Waals surface area contributed by atoms with Gasteiger partial charge in [-0.2, -0.15) is 0 Å². The molecule has 0 unspecified atom stereocenters. The molecule has 2 fully saturated rings. The fourth-order valence-electron chi connectivity index (χ4n) is 3.47. The summed E-state index contributed by atoms with van der Waals surface area (Å²) < 4.78 is 7.24. The third-order valence-corrected chi connectivity index (χ3v) is 5.34. The van der Waals surface area contributed by atoms with Gasteiger partial charge in [0.05, 0.1) is 18.8 Å². The highest BCUT2D eigenvalue weighted by molar-refractivity contribution is 7.15. The number of carbonyl (C=O) groups excluding carboxylic acids is 1. The molecule has 1 saturated carbocycles. The second-order valence-electron chi connectivity index (χ2n) is 5.79. The Morgan fingerprint density at radius 2 is 2.23 bits per heavy atom. The van der Waals surface area contributed by atoms with Crippen LogP contribution in [0.25, 0.3) is 4.96 Å². The smallest absolute Gasteiger partial charge is 0.271 e. The van der Waals surface area contributed by atoms with E-state index < -0.39 is 0 Å². The average Bonchev–Trinajstić information content (AvgIpc) is 3.04. The highest BCUT2D eigenvalue weighted by Crippen LogP contribution is 2.29. The number of amides is 1. The molecule has 2 aromatic heterocycles. The maximum atomic E-state index is 12.9. The maximum Gasteiger partial charge on any atom is 0.271 e. The summed E-state index contributed by atoms with van der Waals surface area (Å²) in [5.74, 6) is -0.210. The van der Waals surface area contributed by atoms with E-state index in [0.29, 0.717) is 18.1 Å². The third-order valence-electron chi connectivity index (χ3n) is 4.57. The summed E-state index contributed by atoms with van der Waals surface area (Å²) in [7, 11) is 0. The Hall–Kier alpha value is -1.73. The van der Waals surface area contributed by atoms with Crippen molar-refractivity contribution >= 4 is 22.2 Å². The summed E-state index contributed by atoms with van der Waals surface area (Å²) in [5, 5.41) is 1.80. The molecule has 0 radical (unpaired) electrons. The summed E-state index contributed by atoms with van der Waals surface area (Å²) in [4.78, 5) is 32.0. The molecule has 6 nitrogen and oxygen atoms in total. The highest BCUT2D eigenvalue weighted by atomic mass is 32.1. The quantitative estimate of drug-likeness (QED) is 0.800. The second-order valence-corrected chi connectivity index (χ2v) is 6.67. The van der Waals surface area contributed by atoms with Crippen LogP contribution in [0.3, 0.4) is 0 Å². The molecule has 2 aromatic rings. The largest absolute Gasteiger partial charge is 0.374 e. The molecule has 0 bridgehead atoms. The lowest BCUT2D eigenvalue weighted by Gasteiger charge is -2.43. The van der Waals surface area contributed by atoms with Crippen LogP contribution in [0.15, 0.2) is 22.6 Å². The van der Waals surface area contributed by atoms with Gasteiger partial charge in [-0.25, -0.2) is 4.98 Å². The fraction of sp³-hybridized carbons (Fsp3) is 0.533. The number of hydrogen-bond donors (Lipinski definition) is 0. The monoisotopic (exact) mass is 319 g/mol. The van der Waals surface area contributed by atoms with Crippen molar-refractivity contribution in [1.82, 2.24) is 14.3 Å². The van der Waals surface area contributed by atoms with Crippen LogP contribution in [-0.4, -0.2) is 45.5 Å². The van der Waals surface area contributed by atoms with Crippen molar-refractivity contribution in [2.24, 2.45) is 0 Å². The predicted octanol–water partition coefficient (Wildman–Crippen LogP) is 1.54. The van der Waals surface area contributed by atoms with Gasteiger partial charge in [0.1, 0.15) is 5.56 Å². The molecule has 1 amide bonds. The molecule has 2 atom stereocenters. The van der Waals surface area contributed by atoms with E-state index in [0.717, 1.165) is 25.7 Å². The minimum Gasteiger partial charge on any atom is -0.374 e. The summed E-state index contributed by atoms with van der Waals surface area (Å²) in [6.07, 6.45) is 7.40. The van der Waals surface area contributed by atoms with Gasteiger partial charge in [0, 0.05) is 24.3 Å². The van der Waals surface area contributed by atoms with E-state index in [1.807, 2.05) is 4.90 Å². The number of thiazole rings is 1. The molecular weight excluding hydrogens is 302 g/mol. The number of nitrogens with zero attached hydrogens (tertiary/aromatic N) is 3. The minimum atomic E-state index is -0.282. The van der Waals surface area contributed by atoms with Crippen LogP contribution in [0.2, 0.25) is 0 Å². The molecule has 0 spiro atoms. The van der Waals surface area contributed by atoms with Crippen molar-refractivity contribution in [2.45, 2.75) is 37.8 Å². The van der Waals surface area contributed by atoms with Gasteiger partial charge in [-0.05, 0) is 12.8 Å². The molecule has 1 saturated heterocycles. The van der Waals surface area contributed by atoms with Crippen LogP contribution in [0.1, 0.15) is 36.0 Å². The number of morpholine rings is 1. The normalized spacial score (nSPS) is 25.2. The number of carbonyl (C=O) groups is 1. The molecule has 1 aliphatic carbocycles. The summed E-state index contributed by atoms with van der Waals surface area (Å²) in [6.45, 7) is 1.09. The van der Waals surface area contributed by atoms with Crippen molar-refractivity contribution in [1.29, 1.82) is 0 Å². The molecular formula is C15H17N3O3S. The molecule has 4 rings (SSSR count). The molecule has 2 aliphatic rings. The second kappa shape index (κ2) is 5.48. The lowest BCUT2D eigenvalue weighted by molar-refractivity contribution is -0.0753. The van der Waals surface area contributed by atoms with Crippen molar-refractivity contribution in [3.05, 3.63) is 33.7 Å². The average molecular weight is 319 g/mol. The van der Waals surface area contributed by atoms with E-state index in [1.54, 1.807) is 11.6 Å². The zero-order valence-corrected chi connectivity index (χ0v) is 12.9. The Labute approximate surface area is 131 Å².